The van der Waals surface area contributed by atoms with Crippen LogP contribution in [-0.2, 0) is 9.53 Å². The SMILES string of the molecule is CCOC(=O)c1ccc2nc(NC(=O)C(C)c3ccsc3)sc2c1. The van der Waals surface area contributed by atoms with Crippen LogP contribution in [-0.4, -0.2) is 23.5 Å². The Balaban J connectivity index is 1.78. The van der Waals surface area contributed by atoms with Gasteiger partial charge in [0, 0.05) is 0 Å². The van der Waals surface area contributed by atoms with E-state index in [-0.39, 0.29) is 17.8 Å². The molecule has 0 aliphatic carbocycles. The van der Waals surface area contributed by atoms with Crippen LogP contribution in [0.15, 0.2) is 35.0 Å². The molecule has 24 heavy (non-hydrogen) atoms. The number of hydrogen-bond acceptors (Lipinski definition) is 6. The van der Waals surface area contributed by atoms with Gasteiger partial charge in [0.2, 0.25) is 5.91 Å². The molecular weight excluding hydrogens is 344 g/mol. The first-order valence-corrected chi connectivity index (χ1v) is 9.25. The van der Waals surface area contributed by atoms with Crippen molar-refractivity contribution in [2.24, 2.45) is 0 Å². The Morgan fingerprint density at radius 3 is 2.88 bits per heavy atom. The molecule has 1 atom stereocenters. The van der Waals surface area contributed by atoms with Crippen LogP contribution in [0, 0.1) is 0 Å². The lowest BCUT2D eigenvalue weighted by Gasteiger charge is -2.08. The van der Waals surface area contributed by atoms with Crippen molar-refractivity contribution in [2.45, 2.75) is 19.8 Å². The van der Waals surface area contributed by atoms with Gasteiger partial charge < -0.3 is 10.1 Å². The zero-order chi connectivity index (χ0) is 17.1. The van der Waals surface area contributed by atoms with E-state index in [0.717, 1.165) is 15.8 Å². The first kappa shape index (κ1) is 16.6. The summed E-state index contributed by atoms with van der Waals surface area (Å²) in [7, 11) is 0. The summed E-state index contributed by atoms with van der Waals surface area (Å²) in [5, 5.41) is 7.29. The predicted octanol–water partition coefficient (Wildman–Crippen LogP) is 4.28. The Morgan fingerprint density at radius 2 is 2.17 bits per heavy atom. The van der Waals surface area contributed by atoms with Crippen molar-refractivity contribution in [2.75, 3.05) is 11.9 Å². The maximum absolute atomic E-state index is 12.3. The zero-order valence-corrected chi connectivity index (χ0v) is 14.9. The van der Waals surface area contributed by atoms with Gasteiger partial charge in [0.1, 0.15) is 0 Å². The fourth-order valence-corrected chi connectivity index (χ4v) is 3.87. The Labute approximate surface area is 147 Å². The fraction of sp³-hybridized carbons (Fsp3) is 0.235. The van der Waals surface area contributed by atoms with Crippen LogP contribution in [0.3, 0.4) is 0 Å². The first-order chi connectivity index (χ1) is 11.6. The van der Waals surface area contributed by atoms with Crippen LogP contribution in [0.4, 0.5) is 5.13 Å². The highest BCUT2D eigenvalue weighted by molar-refractivity contribution is 7.22. The van der Waals surface area contributed by atoms with E-state index in [0.29, 0.717) is 17.3 Å². The van der Waals surface area contributed by atoms with Gasteiger partial charge in [-0.05, 0) is 54.4 Å². The van der Waals surface area contributed by atoms with Gasteiger partial charge in [-0.25, -0.2) is 9.78 Å². The number of amides is 1. The van der Waals surface area contributed by atoms with Crippen LogP contribution >= 0.6 is 22.7 Å². The maximum atomic E-state index is 12.3. The molecule has 7 heteroatoms. The topological polar surface area (TPSA) is 68.3 Å². The number of carbonyl (C=O) groups is 2. The molecule has 0 bridgehead atoms. The van der Waals surface area contributed by atoms with Gasteiger partial charge in [-0.3, -0.25) is 4.79 Å². The van der Waals surface area contributed by atoms with Gasteiger partial charge in [0.25, 0.3) is 0 Å². The lowest BCUT2D eigenvalue weighted by Crippen LogP contribution is -2.18. The van der Waals surface area contributed by atoms with Crippen molar-refractivity contribution in [1.29, 1.82) is 0 Å². The van der Waals surface area contributed by atoms with Gasteiger partial charge >= 0.3 is 5.97 Å². The van der Waals surface area contributed by atoms with Crippen molar-refractivity contribution >= 4 is 49.9 Å². The molecule has 0 saturated heterocycles. The van der Waals surface area contributed by atoms with Crippen LogP contribution in [0.2, 0.25) is 0 Å². The molecule has 0 aliphatic rings. The number of carbonyl (C=O) groups excluding carboxylic acids is 2. The molecule has 2 heterocycles. The van der Waals surface area contributed by atoms with Gasteiger partial charge in [0.15, 0.2) is 5.13 Å². The van der Waals surface area contributed by atoms with Crippen LogP contribution in [0.5, 0.6) is 0 Å². The Bertz CT molecular complexity index is 871. The third kappa shape index (κ3) is 3.47. The minimum absolute atomic E-state index is 0.0990. The van der Waals surface area contributed by atoms with E-state index in [9.17, 15) is 9.59 Å². The average molecular weight is 360 g/mol. The molecule has 0 fully saturated rings. The molecule has 1 unspecified atom stereocenters. The largest absolute Gasteiger partial charge is 0.462 e. The summed E-state index contributed by atoms with van der Waals surface area (Å²) in [6.45, 7) is 3.97. The fourth-order valence-electron chi connectivity index (χ4n) is 2.21. The molecule has 3 rings (SSSR count). The number of nitrogens with zero attached hydrogens (tertiary/aromatic N) is 1. The number of thiazole rings is 1. The summed E-state index contributed by atoms with van der Waals surface area (Å²) in [5.41, 5.74) is 2.22. The molecule has 124 valence electrons. The van der Waals surface area contributed by atoms with E-state index in [1.165, 1.54) is 11.3 Å². The van der Waals surface area contributed by atoms with Crippen LogP contribution in [0.25, 0.3) is 10.2 Å². The second kappa shape index (κ2) is 7.11. The van der Waals surface area contributed by atoms with E-state index in [1.807, 2.05) is 23.8 Å². The molecule has 0 saturated carbocycles. The zero-order valence-electron chi connectivity index (χ0n) is 13.2. The number of rotatable bonds is 5. The number of aromatic nitrogens is 1. The molecule has 5 nitrogen and oxygen atoms in total. The quantitative estimate of drug-likeness (QED) is 0.690. The smallest absolute Gasteiger partial charge is 0.338 e. The number of benzene rings is 1. The van der Waals surface area contributed by atoms with E-state index >= 15 is 0 Å². The van der Waals surface area contributed by atoms with E-state index in [2.05, 4.69) is 10.3 Å². The van der Waals surface area contributed by atoms with Crippen LogP contribution < -0.4 is 5.32 Å². The predicted molar refractivity (Wildman–Crippen MR) is 96.9 cm³/mol. The molecule has 3 aromatic rings. The summed E-state index contributed by atoms with van der Waals surface area (Å²) in [6.07, 6.45) is 0. The molecule has 0 spiro atoms. The van der Waals surface area contributed by atoms with Gasteiger partial charge in [-0.1, -0.05) is 11.3 Å². The highest BCUT2D eigenvalue weighted by atomic mass is 32.1. The third-order valence-corrected chi connectivity index (χ3v) is 5.20. The number of esters is 1. The van der Waals surface area contributed by atoms with Crippen molar-refractivity contribution in [1.82, 2.24) is 4.98 Å². The Hall–Kier alpha value is -2.25. The summed E-state index contributed by atoms with van der Waals surface area (Å²) >= 11 is 2.91. The Morgan fingerprint density at radius 1 is 1.33 bits per heavy atom. The molecule has 2 aromatic heterocycles. The van der Waals surface area contributed by atoms with Gasteiger partial charge in [-0.15, -0.1) is 0 Å². The molecule has 1 amide bonds. The molecule has 1 N–H and O–H groups in total. The summed E-state index contributed by atoms with van der Waals surface area (Å²) in [6, 6.07) is 7.12. The highest BCUT2D eigenvalue weighted by Gasteiger charge is 2.17. The van der Waals surface area contributed by atoms with Gasteiger partial charge in [0.05, 0.1) is 28.3 Å². The van der Waals surface area contributed by atoms with Gasteiger partial charge in [-0.2, -0.15) is 11.3 Å². The van der Waals surface area contributed by atoms with E-state index in [1.54, 1.807) is 36.5 Å². The van der Waals surface area contributed by atoms with E-state index < -0.39 is 0 Å². The van der Waals surface area contributed by atoms with Crippen LogP contribution in [0.1, 0.15) is 35.7 Å². The highest BCUT2D eigenvalue weighted by Crippen LogP contribution is 2.28. The second-order valence-electron chi connectivity index (χ2n) is 5.19. The minimum Gasteiger partial charge on any atom is -0.462 e. The Kier molecular flexibility index (Phi) is 4.92. The number of thiophene rings is 1. The number of hydrogen-bond donors (Lipinski definition) is 1. The second-order valence-corrected chi connectivity index (χ2v) is 7.00. The third-order valence-electron chi connectivity index (χ3n) is 3.57. The number of ether oxygens (including phenoxy) is 1. The number of fused-ring (bicyclic) bond motifs is 1. The molecule has 0 radical (unpaired) electrons. The summed E-state index contributed by atoms with van der Waals surface area (Å²) in [4.78, 5) is 28.5. The van der Waals surface area contributed by atoms with Crippen molar-refractivity contribution in [3.05, 3.63) is 46.2 Å². The maximum Gasteiger partial charge on any atom is 0.338 e. The lowest BCUT2D eigenvalue weighted by atomic mass is 10.0. The van der Waals surface area contributed by atoms with Crippen molar-refractivity contribution in [3.63, 3.8) is 0 Å². The number of anilines is 1. The average Bonchev–Trinajstić information content (AvgIpc) is 3.22. The minimum atomic E-state index is -0.357. The summed E-state index contributed by atoms with van der Waals surface area (Å²) < 4.78 is 5.83. The molecule has 0 aliphatic heterocycles. The standard InChI is InChI=1S/C17H16N2O3S2/c1-3-22-16(21)11-4-5-13-14(8-11)24-17(18-13)19-15(20)10(2)12-6-7-23-9-12/h4-10H,3H2,1-2H3,(H,18,19,20). The molecule has 1 aromatic carbocycles. The normalized spacial score (nSPS) is 12.1. The monoisotopic (exact) mass is 360 g/mol. The van der Waals surface area contributed by atoms with E-state index in [4.69, 9.17) is 4.74 Å². The molecular formula is C17H16N2O3S2. The summed E-state index contributed by atoms with van der Waals surface area (Å²) in [5.74, 6) is -0.694. The first-order valence-electron chi connectivity index (χ1n) is 7.49. The van der Waals surface area contributed by atoms with Crippen molar-refractivity contribution in [3.8, 4) is 0 Å². The number of nitrogens with one attached hydrogen (secondary N) is 1. The lowest BCUT2D eigenvalue weighted by molar-refractivity contribution is -0.117. The van der Waals surface area contributed by atoms with Crippen molar-refractivity contribution < 1.29 is 14.3 Å².